The number of aryl methyl sites for hydroxylation is 1. The van der Waals surface area contributed by atoms with Crippen LogP contribution in [0.5, 0.6) is 5.75 Å². The lowest BCUT2D eigenvalue weighted by Crippen LogP contribution is -2.47. The minimum Gasteiger partial charge on any atom is -0.495 e. The lowest BCUT2D eigenvalue weighted by Gasteiger charge is -2.36. The first kappa shape index (κ1) is 23.8. The van der Waals surface area contributed by atoms with E-state index in [2.05, 4.69) is 21.9 Å². The van der Waals surface area contributed by atoms with E-state index >= 15 is 0 Å². The van der Waals surface area contributed by atoms with Gasteiger partial charge in [-0.1, -0.05) is 72.8 Å². The van der Waals surface area contributed by atoms with Gasteiger partial charge in [-0.25, -0.2) is 4.68 Å². The smallest absolute Gasteiger partial charge is 0.274 e. The van der Waals surface area contributed by atoms with Gasteiger partial charge in [-0.2, -0.15) is 5.10 Å². The van der Waals surface area contributed by atoms with Crippen molar-refractivity contribution >= 4 is 5.69 Å². The van der Waals surface area contributed by atoms with E-state index < -0.39 is 0 Å². The number of aromatic nitrogens is 2. The van der Waals surface area contributed by atoms with E-state index in [0.29, 0.717) is 12.1 Å². The van der Waals surface area contributed by atoms with Crippen LogP contribution in [-0.2, 0) is 6.54 Å². The summed E-state index contributed by atoms with van der Waals surface area (Å²) in [6, 6.07) is 30.0. The van der Waals surface area contributed by atoms with E-state index in [0.717, 1.165) is 67.4 Å². The Morgan fingerprint density at radius 3 is 2.11 bits per heavy atom. The van der Waals surface area contributed by atoms with Crippen LogP contribution in [0.25, 0.3) is 22.4 Å². The van der Waals surface area contributed by atoms with Crippen LogP contribution >= 0.6 is 0 Å². The van der Waals surface area contributed by atoms with Crippen LogP contribution in [0.4, 0.5) is 5.69 Å². The number of hydrogen-bond donors (Lipinski definition) is 0. The van der Waals surface area contributed by atoms with Gasteiger partial charge < -0.3 is 9.64 Å². The quantitative estimate of drug-likeness (QED) is 0.363. The van der Waals surface area contributed by atoms with Gasteiger partial charge in [-0.3, -0.25) is 9.69 Å². The summed E-state index contributed by atoms with van der Waals surface area (Å²) in [5, 5.41) is 4.75. The lowest BCUT2D eigenvalue weighted by molar-refractivity contribution is 0.247. The lowest BCUT2D eigenvalue weighted by atomic mass is 10.0. The molecule has 4 aromatic rings. The number of nitrogens with zero attached hydrogens (tertiary/aromatic N) is 4. The molecule has 1 aromatic heterocycles. The third-order valence-electron chi connectivity index (χ3n) is 6.77. The number of rotatable bonds is 8. The number of piperazine rings is 1. The second kappa shape index (κ2) is 11.2. The molecule has 0 aliphatic carbocycles. The molecule has 184 valence electrons. The Bertz CT molecular complexity index is 1330. The molecule has 0 spiro atoms. The molecule has 3 aromatic carbocycles. The summed E-state index contributed by atoms with van der Waals surface area (Å²) >= 11 is 0. The predicted octanol–water partition coefficient (Wildman–Crippen LogP) is 4.80. The molecule has 0 saturated carbocycles. The fourth-order valence-electron chi connectivity index (χ4n) is 4.82. The van der Waals surface area contributed by atoms with Crippen LogP contribution in [0.3, 0.4) is 0 Å². The summed E-state index contributed by atoms with van der Waals surface area (Å²) in [6.45, 7) is 5.41. The standard InChI is InChI=1S/C30H32N4O2/c1-36-29-16-9-8-15-28(29)33-21-19-32(20-22-33)17-10-18-34-30(35)26(24-11-4-2-5-12-24)23-27(31-34)25-13-6-3-7-14-25/h2-9,11-16,23H,10,17-22H2,1H3. The Morgan fingerprint density at radius 2 is 1.42 bits per heavy atom. The molecule has 6 heteroatoms. The van der Waals surface area contributed by atoms with Crippen LogP contribution < -0.4 is 15.2 Å². The zero-order chi connectivity index (χ0) is 24.7. The zero-order valence-corrected chi connectivity index (χ0v) is 20.7. The second-order valence-corrected chi connectivity index (χ2v) is 9.06. The van der Waals surface area contributed by atoms with Gasteiger partial charge >= 0.3 is 0 Å². The number of para-hydroxylation sites is 2. The molecule has 1 aliphatic heterocycles. The van der Waals surface area contributed by atoms with Gasteiger partial charge in [0.25, 0.3) is 5.56 Å². The number of benzene rings is 3. The maximum atomic E-state index is 13.4. The van der Waals surface area contributed by atoms with Crippen molar-refractivity contribution in [3.8, 4) is 28.1 Å². The van der Waals surface area contributed by atoms with Gasteiger partial charge in [0.05, 0.1) is 24.1 Å². The summed E-state index contributed by atoms with van der Waals surface area (Å²) in [5.74, 6) is 0.920. The van der Waals surface area contributed by atoms with Gasteiger partial charge in [-0.15, -0.1) is 0 Å². The Kier molecular flexibility index (Phi) is 7.43. The van der Waals surface area contributed by atoms with Crippen molar-refractivity contribution in [2.75, 3.05) is 44.7 Å². The first-order chi connectivity index (χ1) is 17.7. The summed E-state index contributed by atoms with van der Waals surface area (Å²) in [7, 11) is 1.72. The third-order valence-corrected chi connectivity index (χ3v) is 6.77. The molecule has 6 nitrogen and oxygen atoms in total. The van der Waals surface area contributed by atoms with Gasteiger partial charge in [0.15, 0.2) is 0 Å². The molecular formula is C30H32N4O2. The summed E-state index contributed by atoms with van der Waals surface area (Å²) in [6.07, 6.45) is 0.869. The van der Waals surface area contributed by atoms with E-state index in [1.54, 1.807) is 11.8 Å². The molecule has 0 radical (unpaired) electrons. The Hall–Kier alpha value is -3.90. The highest BCUT2D eigenvalue weighted by Crippen LogP contribution is 2.28. The van der Waals surface area contributed by atoms with E-state index in [9.17, 15) is 4.79 Å². The molecule has 1 aliphatic rings. The zero-order valence-electron chi connectivity index (χ0n) is 20.7. The van der Waals surface area contributed by atoms with Crippen LogP contribution in [0, 0.1) is 0 Å². The molecule has 2 heterocycles. The van der Waals surface area contributed by atoms with Crippen molar-refractivity contribution < 1.29 is 4.74 Å². The first-order valence-corrected chi connectivity index (χ1v) is 12.6. The van der Waals surface area contributed by atoms with E-state index in [1.165, 1.54) is 0 Å². The SMILES string of the molecule is COc1ccccc1N1CCN(CCCn2nc(-c3ccccc3)cc(-c3ccccc3)c2=O)CC1. The molecule has 0 bridgehead atoms. The maximum Gasteiger partial charge on any atom is 0.274 e. The van der Waals surface area contributed by atoms with Gasteiger partial charge in [0.2, 0.25) is 0 Å². The normalized spacial score (nSPS) is 14.1. The average Bonchev–Trinajstić information content (AvgIpc) is 2.95. The largest absolute Gasteiger partial charge is 0.495 e. The maximum absolute atomic E-state index is 13.4. The second-order valence-electron chi connectivity index (χ2n) is 9.06. The van der Waals surface area contributed by atoms with Crippen molar-refractivity contribution in [2.45, 2.75) is 13.0 Å². The van der Waals surface area contributed by atoms with Gasteiger partial charge in [0.1, 0.15) is 5.75 Å². The molecule has 5 rings (SSSR count). The molecule has 0 N–H and O–H groups in total. The minimum absolute atomic E-state index is 0.0399. The highest BCUT2D eigenvalue weighted by atomic mass is 16.5. The summed E-state index contributed by atoms with van der Waals surface area (Å²) in [5.41, 5.74) is 4.55. The predicted molar refractivity (Wildman–Crippen MR) is 146 cm³/mol. The van der Waals surface area contributed by atoms with E-state index in [1.807, 2.05) is 78.9 Å². The van der Waals surface area contributed by atoms with Gasteiger partial charge in [0, 0.05) is 44.8 Å². The van der Waals surface area contributed by atoms with Crippen molar-refractivity contribution in [2.24, 2.45) is 0 Å². The Morgan fingerprint density at radius 1 is 0.778 bits per heavy atom. The number of anilines is 1. The monoisotopic (exact) mass is 480 g/mol. The van der Waals surface area contributed by atoms with Crippen LogP contribution in [0.2, 0.25) is 0 Å². The van der Waals surface area contributed by atoms with E-state index in [4.69, 9.17) is 9.84 Å². The van der Waals surface area contributed by atoms with E-state index in [-0.39, 0.29) is 5.56 Å². The van der Waals surface area contributed by atoms with Crippen LogP contribution in [0.15, 0.2) is 95.8 Å². The van der Waals surface area contributed by atoms with Crippen molar-refractivity contribution in [3.63, 3.8) is 0 Å². The highest BCUT2D eigenvalue weighted by Gasteiger charge is 2.19. The topological polar surface area (TPSA) is 50.6 Å². The Labute approximate surface area is 212 Å². The number of hydrogen-bond acceptors (Lipinski definition) is 5. The average molecular weight is 481 g/mol. The molecule has 0 amide bonds. The third kappa shape index (κ3) is 5.34. The fraction of sp³-hybridized carbons (Fsp3) is 0.267. The van der Waals surface area contributed by atoms with Crippen molar-refractivity contribution in [1.29, 1.82) is 0 Å². The molecule has 1 fully saturated rings. The minimum atomic E-state index is -0.0399. The van der Waals surface area contributed by atoms with Crippen LogP contribution in [0.1, 0.15) is 6.42 Å². The number of ether oxygens (including phenoxy) is 1. The van der Waals surface area contributed by atoms with Crippen molar-refractivity contribution in [3.05, 3.63) is 101 Å². The Balaban J connectivity index is 1.27. The molecule has 0 atom stereocenters. The molecular weight excluding hydrogens is 448 g/mol. The summed E-state index contributed by atoms with van der Waals surface area (Å²) < 4.78 is 7.19. The highest BCUT2D eigenvalue weighted by molar-refractivity contribution is 5.69. The number of methoxy groups -OCH3 is 1. The molecule has 36 heavy (non-hydrogen) atoms. The molecule has 0 unspecified atom stereocenters. The van der Waals surface area contributed by atoms with Gasteiger partial charge in [-0.05, 0) is 30.2 Å². The first-order valence-electron chi connectivity index (χ1n) is 12.6. The van der Waals surface area contributed by atoms with Crippen LogP contribution in [-0.4, -0.2) is 54.5 Å². The van der Waals surface area contributed by atoms with Crippen molar-refractivity contribution in [1.82, 2.24) is 14.7 Å². The molecule has 1 saturated heterocycles. The fourth-order valence-corrected chi connectivity index (χ4v) is 4.82. The summed E-state index contributed by atoms with van der Waals surface area (Å²) in [4.78, 5) is 18.2.